The van der Waals surface area contributed by atoms with Gasteiger partial charge in [0.25, 0.3) is 0 Å². The lowest BCUT2D eigenvalue weighted by atomic mass is 9.97. The summed E-state index contributed by atoms with van der Waals surface area (Å²) in [5.74, 6) is 1.29. The summed E-state index contributed by atoms with van der Waals surface area (Å²) in [6.45, 7) is 2.79. The lowest BCUT2D eigenvalue weighted by Gasteiger charge is -2.06. The molecule has 140 valence electrons. The van der Waals surface area contributed by atoms with Crippen molar-refractivity contribution in [3.05, 3.63) is 90.0 Å². The van der Waals surface area contributed by atoms with Crippen LogP contribution in [0.3, 0.4) is 0 Å². The zero-order chi connectivity index (χ0) is 19.3. The summed E-state index contributed by atoms with van der Waals surface area (Å²) in [5, 5.41) is 0.779. The summed E-state index contributed by atoms with van der Waals surface area (Å²) in [6.07, 6.45) is 2.07. The van der Waals surface area contributed by atoms with E-state index >= 15 is 0 Å². The van der Waals surface area contributed by atoms with Crippen LogP contribution in [0.25, 0.3) is 22.3 Å². The maximum absolute atomic E-state index is 13.4. The molecule has 0 saturated carbocycles. The number of fused-ring (bicyclic) bond motifs is 1. The van der Waals surface area contributed by atoms with Gasteiger partial charge in [-0.3, -0.25) is 4.79 Å². The molecule has 3 heteroatoms. The first-order valence-corrected chi connectivity index (χ1v) is 9.62. The van der Waals surface area contributed by atoms with Crippen molar-refractivity contribution in [2.75, 3.05) is 6.61 Å². The molecule has 0 N–H and O–H groups in total. The van der Waals surface area contributed by atoms with Crippen LogP contribution in [0.2, 0.25) is 0 Å². The van der Waals surface area contributed by atoms with Crippen molar-refractivity contribution in [1.82, 2.24) is 0 Å². The third kappa shape index (κ3) is 3.56. The molecule has 0 spiro atoms. The van der Waals surface area contributed by atoms with Gasteiger partial charge in [-0.1, -0.05) is 74.0 Å². The van der Waals surface area contributed by atoms with Crippen LogP contribution < -0.4 is 4.74 Å². The number of ketones is 1. The lowest BCUT2D eigenvalue weighted by Crippen LogP contribution is -2.02. The molecule has 0 unspecified atom stereocenters. The van der Waals surface area contributed by atoms with Crippen LogP contribution in [0.1, 0.15) is 35.7 Å². The van der Waals surface area contributed by atoms with E-state index in [0.29, 0.717) is 29.1 Å². The van der Waals surface area contributed by atoms with Crippen LogP contribution in [0.5, 0.6) is 5.75 Å². The van der Waals surface area contributed by atoms with Crippen molar-refractivity contribution in [2.24, 2.45) is 0 Å². The monoisotopic (exact) mass is 370 g/mol. The fraction of sp³-hybridized carbons (Fsp3) is 0.160. The molecule has 0 aliphatic rings. The Morgan fingerprint density at radius 1 is 0.929 bits per heavy atom. The maximum atomic E-state index is 13.4. The third-order valence-corrected chi connectivity index (χ3v) is 4.73. The van der Waals surface area contributed by atoms with Crippen LogP contribution in [0.4, 0.5) is 0 Å². The highest BCUT2D eigenvalue weighted by atomic mass is 16.5. The second-order valence-corrected chi connectivity index (χ2v) is 6.73. The molecule has 3 aromatic carbocycles. The minimum Gasteiger partial charge on any atom is -0.494 e. The molecule has 4 aromatic rings. The first kappa shape index (κ1) is 18.1. The van der Waals surface area contributed by atoms with Crippen molar-refractivity contribution in [2.45, 2.75) is 19.8 Å². The van der Waals surface area contributed by atoms with Crippen LogP contribution in [-0.4, -0.2) is 12.4 Å². The number of rotatable bonds is 7. The fourth-order valence-electron chi connectivity index (χ4n) is 3.25. The van der Waals surface area contributed by atoms with Gasteiger partial charge in [-0.15, -0.1) is 0 Å². The van der Waals surface area contributed by atoms with Crippen LogP contribution in [0, 0.1) is 0 Å². The highest BCUT2D eigenvalue weighted by Gasteiger charge is 2.23. The molecule has 0 aliphatic carbocycles. The normalized spacial score (nSPS) is 10.9. The van der Waals surface area contributed by atoms with E-state index in [-0.39, 0.29) is 5.78 Å². The molecule has 0 saturated heterocycles. The minimum absolute atomic E-state index is 0.0519. The molecular formula is C25H22O3. The quantitative estimate of drug-likeness (QED) is 0.275. The third-order valence-electron chi connectivity index (χ3n) is 4.73. The van der Waals surface area contributed by atoms with E-state index in [1.165, 1.54) is 0 Å². The number of carbonyl (C=O) groups excluding carboxylic acids is 1. The Morgan fingerprint density at radius 3 is 2.36 bits per heavy atom. The van der Waals surface area contributed by atoms with E-state index < -0.39 is 0 Å². The molecule has 1 aromatic heterocycles. The van der Waals surface area contributed by atoms with Crippen molar-refractivity contribution in [3.8, 4) is 17.1 Å². The van der Waals surface area contributed by atoms with Crippen LogP contribution in [-0.2, 0) is 0 Å². The average molecular weight is 370 g/mol. The van der Waals surface area contributed by atoms with Gasteiger partial charge in [0.15, 0.2) is 5.78 Å². The summed E-state index contributed by atoms with van der Waals surface area (Å²) in [7, 11) is 0. The Labute approximate surface area is 164 Å². The molecule has 1 heterocycles. The molecule has 4 rings (SSSR count). The largest absolute Gasteiger partial charge is 0.494 e. The standard InChI is InChI=1S/C25H22O3/c1-2-3-16-27-20-14-15-22-21(17-20)23(24(26)18-10-6-4-7-11-18)25(28-22)19-12-8-5-9-13-19/h4-15,17H,2-3,16H2,1H3. The predicted octanol–water partition coefficient (Wildman–Crippen LogP) is 6.51. The Kier molecular flexibility index (Phi) is 5.24. The Balaban J connectivity index is 1.87. The molecule has 0 atom stereocenters. The summed E-state index contributed by atoms with van der Waals surface area (Å²) >= 11 is 0. The number of hydrogen-bond donors (Lipinski definition) is 0. The number of furan rings is 1. The first-order valence-electron chi connectivity index (χ1n) is 9.62. The van der Waals surface area contributed by atoms with Gasteiger partial charge in [0.2, 0.25) is 0 Å². The highest BCUT2D eigenvalue weighted by molar-refractivity contribution is 6.19. The van der Waals surface area contributed by atoms with Gasteiger partial charge in [-0.05, 0) is 24.6 Å². The molecular weight excluding hydrogens is 348 g/mol. The smallest absolute Gasteiger partial charge is 0.197 e. The van der Waals surface area contributed by atoms with Gasteiger partial charge in [0.05, 0.1) is 12.2 Å². The van der Waals surface area contributed by atoms with Crippen molar-refractivity contribution in [3.63, 3.8) is 0 Å². The highest BCUT2D eigenvalue weighted by Crippen LogP contribution is 2.36. The van der Waals surface area contributed by atoms with E-state index in [9.17, 15) is 4.79 Å². The zero-order valence-corrected chi connectivity index (χ0v) is 15.9. The van der Waals surface area contributed by atoms with Gasteiger partial charge in [0, 0.05) is 16.5 Å². The molecule has 0 aliphatic heterocycles. The van der Waals surface area contributed by atoms with Crippen LogP contribution >= 0.6 is 0 Å². The second kappa shape index (κ2) is 8.13. The van der Waals surface area contributed by atoms with Crippen molar-refractivity contribution < 1.29 is 13.9 Å². The van der Waals surface area contributed by atoms with Gasteiger partial charge in [-0.2, -0.15) is 0 Å². The summed E-state index contributed by atoms with van der Waals surface area (Å²) < 4.78 is 12.0. The molecule has 3 nitrogen and oxygen atoms in total. The molecule has 0 fully saturated rings. The Hall–Kier alpha value is -3.33. The SMILES string of the molecule is CCCCOc1ccc2oc(-c3ccccc3)c(C(=O)c3ccccc3)c2c1. The van der Waals surface area contributed by atoms with Gasteiger partial charge in [0.1, 0.15) is 17.1 Å². The first-order chi connectivity index (χ1) is 13.8. The van der Waals surface area contributed by atoms with E-state index in [4.69, 9.17) is 9.15 Å². The number of unbranched alkanes of at least 4 members (excludes halogenated alkanes) is 1. The molecule has 0 amide bonds. The predicted molar refractivity (Wildman–Crippen MR) is 112 cm³/mol. The van der Waals surface area contributed by atoms with E-state index in [0.717, 1.165) is 29.5 Å². The molecule has 0 bridgehead atoms. The summed E-state index contributed by atoms with van der Waals surface area (Å²) in [4.78, 5) is 13.4. The lowest BCUT2D eigenvalue weighted by molar-refractivity contribution is 0.104. The number of ether oxygens (including phenoxy) is 1. The molecule has 28 heavy (non-hydrogen) atoms. The van der Waals surface area contributed by atoms with Crippen molar-refractivity contribution in [1.29, 1.82) is 0 Å². The van der Waals surface area contributed by atoms with E-state index in [2.05, 4.69) is 6.92 Å². The average Bonchev–Trinajstić information content (AvgIpc) is 3.13. The second-order valence-electron chi connectivity index (χ2n) is 6.73. The summed E-state index contributed by atoms with van der Waals surface area (Å²) in [6, 6.07) is 24.7. The Morgan fingerprint density at radius 2 is 1.64 bits per heavy atom. The number of carbonyl (C=O) groups is 1. The topological polar surface area (TPSA) is 39.4 Å². The van der Waals surface area contributed by atoms with Crippen molar-refractivity contribution >= 4 is 16.8 Å². The van der Waals surface area contributed by atoms with Gasteiger partial charge >= 0.3 is 0 Å². The van der Waals surface area contributed by atoms with E-state index in [1.54, 1.807) is 0 Å². The minimum atomic E-state index is -0.0519. The fourth-order valence-corrected chi connectivity index (χ4v) is 3.25. The van der Waals surface area contributed by atoms with Crippen LogP contribution in [0.15, 0.2) is 83.3 Å². The Bertz CT molecular complexity index is 1080. The summed E-state index contributed by atoms with van der Waals surface area (Å²) in [5.41, 5.74) is 2.78. The number of benzene rings is 3. The zero-order valence-electron chi connectivity index (χ0n) is 15.9. The van der Waals surface area contributed by atoms with Gasteiger partial charge in [-0.25, -0.2) is 0 Å². The van der Waals surface area contributed by atoms with Gasteiger partial charge < -0.3 is 9.15 Å². The molecule has 0 radical (unpaired) electrons. The maximum Gasteiger partial charge on any atom is 0.197 e. The van der Waals surface area contributed by atoms with E-state index in [1.807, 2.05) is 78.9 Å². The number of hydrogen-bond acceptors (Lipinski definition) is 3.